The van der Waals surface area contributed by atoms with Crippen LogP contribution in [0.25, 0.3) is 0 Å². The van der Waals surface area contributed by atoms with Gasteiger partial charge in [0.25, 0.3) is 0 Å². The second-order valence-electron chi connectivity index (χ2n) is 3.81. The normalized spacial score (nSPS) is 12.7. The van der Waals surface area contributed by atoms with Crippen molar-refractivity contribution in [1.82, 2.24) is 9.97 Å². The van der Waals surface area contributed by atoms with Crippen molar-refractivity contribution >= 4 is 27.6 Å². The summed E-state index contributed by atoms with van der Waals surface area (Å²) in [6, 6.07) is 0.376. The molecule has 1 aromatic heterocycles. The van der Waals surface area contributed by atoms with Crippen LogP contribution in [0.4, 0.5) is 11.6 Å². The quantitative estimate of drug-likeness (QED) is 0.885. The highest BCUT2D eigenvalue weighted by Gasteiger charge is 2.12. The first-order chi connectivity index (χ1) is 7.06. The van der Waals surface area contributed by atoms with Crippen molar-refractivity contribution in [3.05, 3.63) is 10.8 Å². The first-order valence-corrected chi connectivity index (χ1v) is 5.80. The highest BCUT2D eigenvalue weighted by atomic mass is 79.9. The second kappa shape index (κ2) is 5.30. The molecule has 1 unspecified atom stereocenters. The number of hydrogen-bond acceptors (Lipinski definition) is 4. The SMILES string of the molecule is CNc1ncnc(NC(C)C(C)C)c1Br. The van der Waals surface area contributed by atoms with Gasteiger partial charge in [-0.25, -0.2) is 9.97 Å². The average Bonchev–Trinajstić information content (AvgIpc) is 2.21. The van der Waals surface area contributed by atoms with Crippen molar-refractivity contribution in [3.63, 3.8) is 0 Å². The van der Waals surface area contributed by atoms with Gasteiger partial charge in [0.1, 0.15) is 22.4 Å². The van der Waals surface area contributed by atoms with Crippen LogP contribution in [0.2, 0.25) is 0 Å². The van der Waals surface area contributed by atoms with Crippen LogP contribution in [0, 0.1) is 5.92 Å². The lowest BCUT2D eigenvalue weighted by molar-refractivity contribution is 0.558. The van der Waals surface area contributed by atoms with Gasteiger partial charge in [-0.3, -0.25) is 0 Å². The van der Waals surface area contributed by atoms with Gasteiger partial charge in [-0.05, 0) is 28.8 Å². The molecule has 0 aliphatic heterocycles. The molecule has 0 radical (unpaired) electrons. The van der Waals surface area contributed by atoms with E-state index < -0.39 is 0 Å². The molecular formula is C10H17BrN4. The van der Waals surface area contributed by atoms with Crippen LogP contribution >= 0.6 is 15.9 Å². The fourth-order valence-corrected chi connectivity index (χ4v) is 1.54. The summed E-state index contributed by atoms with van der Waals surface area (Å²) in [5.74, 6) is 2.18. The van der Waals surface area contributed by atoms with E-state index in [1.807, 2.05) is 7.05 Å². The van der Waals surface area contributed by atoms with Gasteiger partial charge in [-0.15, -0.1) is 0 Å². The third-order valence-electron chi connectivity index (χ3n) is 2.39. The van der Waals surface area contributed by atoms with E-state index in [-0.39, 0.29) is 0 Å². The molecule has 4 nitrogen and oxygen atoms in total. The predicted molar refractivity (Wildman–Crippen MR) is 67.2 cm³/mol. The van der Waals surface area contributed by atoms with Gasteiger partial charge in [0, 0.05) is 13.1 Å². The van der Waals surface area contributed by atoms with E-state index in [0.717, 1.165) is 16.1 Å². The molecule has 0 saturated heterocycles. The maximum Gasteiger partial charge on any atom is 0.146 e. The molecule has 1 atom stereocenters. The Kier molecular flexibility index (Phi) is 4.32. The van der Waals surface area contributed by atoms with Gasteiger partial charge in [-0.2, -0.15) is 0 Å². The van der Waals surface area contributed by atoms with Crippen molar-refractivity contribution in [3.8, 4) is 0 Å². The van der Waals surface area contributed by atoms with E-state index in [4.69, 9.17) is 0 Å². The average molecular weight is 273 g/mol. The number of aromatic nitrogens is 2. The summed E-state index contributed by atoms with van der Waals surface area (Å²) in [5, 5.41) is 6.35. The Morgan fingerprint density at radius 1 is 1.20 bits per heavy atom. The number of anilines is 2. The summed E-state index contributed by atoms with van der Waals surface area (Å²) >= 11 is 3.47. The van der Waals surface area contributed by atoms with Crippen molar-refractivity contribution in [2.45, 2.75) is 26.8 Å². The predicted octanol–water partition coefficient (Wildman–Crippen LogP) is 2.74. The minimum atomic E-state index is 0.376. The summed E-state index contributed by atoms with van der Waals surface area (Å²) in [4.78, 5) is 8.30. The second-order valence-corrected chi connectivity index (χ2v) is 4.60. The van der Waals surface area contributed by atoms with Gasteiger partial charge < -0.3 is 10.6 Å². The topological polar surface area (TPSA) is 49.8 Å². The molecule has 0 aromatic carbocycles. The molecule has 0 spiro atoms. The van der Waals surface area contributed by atoms with Crippen LogP contribution in [0.5, 0.6) is 0 Å². The monoisotopic (exact) mass is 272 g/mol. The van der Waals surface area contributed by atoms with Gasteiger partial charge in [-0.1, -0.05) is 13.8 Å². The Morgan fingerprint density at radius 2 is 1.80 bits per heavy atom. The fourth-order valence-electron chi connectivity index (χ4n) is 1.03. The Balaban J connectivity index is 2.86. The number of rotatable bonds is 4. The lowest BCUT2D eigenvalue weighted by Gasteiger charge is -2.19. The highest BCUT2D eigenvalue weighted by Crippen LogP contribution is 2.27. The summed E-state index contributed by atoms with van der Waals surface area (Å²) in [6.45, 7) is 6.48. The Bertz CT molecular complexity index is 327. The molecule has 15 heavy (non-hydrogen) atoms. The molecule has 0 aliphatic carbocycles. The number of nitrogens with zero attached hydrogens (tertiary/aromatic N) is 2. The molecular weight excluding hydrogens is 256 g/mol. The molecule has 2 N–H and O–H groups in total. The van der Waals surface area contributed by atoms with E-state index in [9.17, 15) is 0 Å². The summed E-state index contributed by atoms with van der Waals surface area (Å²) < 4.78 is 0.875. The zero-order valence-electron chi connectivity index (χ0n) is 9.50. The van der Waals surface area contributed by atoms with Crippen LogP contribution in [-0.2, 0) is 0 Å². The van der Waals surface area contributed by atoms with Crippen molar-refractivity contribution < 1.29 is 0 Å². The fraction of sp³-hybridized carbons (Fsp3) is 0.600. The minimum absolute atomic E-state index is 0.376. The lowest BCUT2D eigenvalue weighted by Crippen LogP contribution is -2.22. The third kappa shape index (κ3) is 3.06. The summed E-state index contributed by atoms with van der Waals surface area (Å²) in [5.41, 5.74) is 0. The van der Waals surface area contributed by atoms with Crippen molar-refractivity contribution in [1.29, 1.82) is 0 Å². The van der Waals surface area contributed by atoms with E-state index >= 15 is 0 Å². The van der Waals surface area contributed by atoms with Crippen LogP contribution in [-0.4, -0.2) is 23.1 Å². The lowest BCUT2D eigenvalue weighted by atomic mass is 10.1. The third-order valence-corrected chi connectivity index (χ3v) is 3.14. The van der Waals surface area contributed by atoms with Crippen LogP contribution < -0.4 is 10.6 Å². The molecule has 0 amide bonds. The zero-order chi connectivity index (χ0) is 11.4. The van der Waals surface area contributed by atoms with Gasteiger partial charge in [0.15, 0.2) is 0 Å². The smallest absolute Gasteiger partial charge is 0.146 e. The zero-order valence-corrected chi connectivity index (χ0v) is 11.1. The largest absolute Gasteiger partial charge is 0.372 e. The molecule has 1 aromatic rings. The summed E-state index contributed by atoms with van der Waals surface area (Å²) in [6.07, 6.45) is 1.55. The Labute approximate surface area is 99.0 Å². The molecule has 0 aliphatic rings. The maximum atomic E-state index is 4.20. The first-order valence-electron chi connectivity index (χ1n) is 5.01. The van der Waals surface area contributed by atoms with E-state index in [1.54, 1.807) is 6.33 Å². The highest BCUT2D eigenvalue weighted by molar-refractivity contribution is 9.10. The standard InChI is InChI=1S/C10H17BrN4/c1-6(2)7(3)15-10-8(11)9(12-4)13-5-14-10/h5-7H,1-4H3,(H2,12,13,14,15). The Morgan fingerprint density at radius 3 is 2.33 bits per heavy atom. The van der Waals surface area contributed by atoms with Crippen LogP contribution in [0.15, 0.2) is 10.8 Å². The van der Waals surface area contributed by atoms with Crippen molar-refractivity contribution in [2.75, 3.05) is 17.7 Å². The molecule has 84 valence electrons. The molecule has 0 saturated carbocycles. The van der Waals surface area contributed by atoms with Crippen LogP contribution in [0.1, 0.15) is 20.8 Å². The molecule has 0 fully saturated rings. The number of nitrogens with one attached hydrogen (secondary N) is 2. The Hall–Kier alpha value is -0.840. The minimum Gasteiger partial charge on any atom is -0.372 e. The van der Waals surface area contributed by atoms with E-state index in [1.165, 1.54) is 0 Å². The summed E-state index contributed by atoms with van der Waals surface area (Å²) in [7, 11) is 1.84. The molecule has 1 rings (SSSR count). The number of hydrogen-bond donors (Lipinski definition) is 2. The molecule has 0 bridgehead atoms. The van der Waals surface area contributed by atoms with E-state index in [2.05, 4.69) is 57.3 Å². The van der Waals surface area contributed by atoms with Crippen molar-refractivity contribution in [2.24, 2.45) is 5.92 Å². The first kappa shape index (κ1) is 12.2. The maximum absolute atomic E-state index is 4.20. The van der Waals surface area contributed by atoms with Gasteiger partial charge >= 0.3 is 0 Å². The van der Waals surface area contributed by atoms with Crippen LogP contribution in [0.3, 0.4) is 0 Å². The number of halogens is 1. The van der Waals surface area contributed by atoms with Gasteiger partial charge in [0.05, 0.1) is 0 Å². The van der Waals surface area contributed by atoms with Gasteiger partial charge in [0.2, 0.25) is 0 Å². The molecule has 5 heteroatoms. The van der Waals surface area contributed by atoms with E-state index in [0.29, 0.717) is 12.0 Å². The molecule has 1 heterocycles.